The molecule has 0 fully saturated rings. The van der Waals surface area contributed by atoms with Crippen LogP contribution < -0.4 is 4.72 Å². The summed E-state index contributed by atoms with van der Waals surface area (Å²) in [7, 11) is -3.90. The van der Waals surface area contributed by atoms with Crippen molar-refractivity contribution in [1.82, 2.24) is 15.2 Å². The van der Waals surface area contributed by atoms with Crippen LogP contribution in [-0.4, -0.2) is 34.7 Å². The zero-order valence-electron chi connectivity index (χ0n) is 10.7. The van der Waals surface area contributed by atoms with E-state index in [2.05, 4.69) is 19.9 Å². The predicted octanol–water partition coefficient (Wildman–Crippen LogP) is 0.921. The number of aromatic nitrogens is 3. The number of pyridine rings is 1. The average molecular weight is 296 g/mol. The zero-order valence-corrected chi connectivity index (χ0v) is 11.5. The van der Waals surface area contributed by atoms with E-state index in [1.807, 2.05) is 0 Å². The number of aromatic carboxylic acids is 1. The summed E-state index contributed by atoms with van der Waals surface area (Å²) in [6.07, 6.45) is 0.986. The molecule has 20 heavy (non-hydrogen) atoms. The highest BCUT2D eigenvalue weighted by Crippen LogP contribution is 2.18. The summed E-state index contributed by atoms with van der Waals surface area (Å²) in [5.74, 6) is -0.986. The Morgan fingerprint density at radius 3 is 2.50 bits per heavy atom. The van der Waals surface area contributed by atoms with E-state index >= 15 is 0 Å². The minimum absolute atomic E-state index is 0.0873. The molecule has 0 aliphatic heterocycles. The molecule has 0 unspecified atom stereocenters. The first-order chi connectivity index (χ1) is 9.31. The monoisotopic (exact) mass is 296 g/mol. The molecule has 0 bridgehead atoms. The van der Waals surface area contributed by atoms with E-state index in [0.29, 0.717) is 5.56 Å². The fraction of sp³-hybridized carbons (Fsp3) is 0.182. The second kappa shape index (κ2) is 4.93. The molecule has 0 atom stereocenters. The Labute approximate surface area is 114 Å². The van der Waals surface area contributed by atoms with Gasteiger partial charge in [0, 0.05) is 17.5 Å². The van der Waals surface area contributed by atoms with Gasteiger partial charge in [-0.3, -0.25) is 9.82 Å². The van der Waals surface area contributed by atoms with Gasteiger partial charge in [0.1, 0.15) is 0 Å². The normalized spacial score (nSPS) is 11.3. The third-order valence-corrected chi connectivity index (χ3v) is 4.00. The molecule has 2 heterocycles. The van der Waals surface area contributed by atoms with E-state index < -0.39 is 16.0 Å². The first-order valence-corrected chi connectivity index (χ1v) is 7.03. The number of aryl methyl sites for hydroxylation is 1. The lowest BCUT2D eigenvalue weighted by atomic mass is 10.3. The maximum absolute atomic E-state index is 12.1. The molecule has 0 saturated heterocycles. The molecule has 106 valence electrons. The van der Waals surface area contributed by atoms with Crippen LogP contribution in [0.3, 0.4) is 0 Å². The fourth-order valence-electron chi connectivity index (χ4n) is 1.43. The molecule has 0 amide bonds. The molecule has 0 spiro atoms. The van der Waals surface area contributed by atoms with Gasteiger partial charge < -0.3 is 5.11 Å². The molecule has 2 aromatic heterocycles. The van der Waals surface area contributed by atoms with Crippen LogP contribution in [0.1, 0.15) is 21.6 Å². The minimum atomic E-state index is -3.90. The van der Waals surface area contributed by atoms with E-state index in [9.17, 15) is 13.2 Å². The Morgan fingerprint density at radius 2 is 2.05 bits per heavy atom. The molecule has 0 saturated carbocycles. The SMILES string of the molecule is Cc1[nH]nc(NS(=O)(=O)c2ccc(C(=O)O)cn2)c1C. The summed E-state index contributed by atoms with van der Waals surface area (Å²) in [5, 5.41) is 15.0. The van der Waals surface area contributed by atoms with Gasteiger partial charge in [-0.15, -0.1) is 0 Å². The van der Waals surface area contributed by atoms with Crippen molar-refractivity contribution in [2.45, 2.75) is 18.9 Å². The number of nitrogens with zero attached hydrogens (tertiary/aromatic N) is 2. The first kappa shape index (κ1) is 14.0. The Balaban J connectivity index is 2.31. The summed E-state index contributed by atoms with van der Waals surface area (Å²) in [6.45, 7) is 3.48. The summed E-state index contributed by atoms with van der Waals surface area (Å²) in [6, 6.07) is 2.30. The van der Waals surface area contributed by atoms with Gasteiger partial charge in [0.2, 0.25) is 0 Å². The largest absolute Gasteiger partial charge is 0.478 e. The van der Waals surface area contributed by atoms with Gasteiger partial charge >= 0.3 is 5.97 Å². The number of carbonyl (C=O) groups is 1. The van der Waals surface area contributed by atoms with Crippen molar-refractivity contribution in [3.8, 4) is 0 Å². The summed E-state index contributed by atoms with van der Waals surface area (Å²) in [4.78, 5) is 14.3. The van der Waals surface area contributed by atoms with Crippen LogP contribution >= 0.6 is 0 Å². The Bertz CT molecular complexity index is 749. The second-order valence-electron chi connectivity index (χ2n) is 4.12. The number of hydrogen-bond acceptors (Lipinski definition) is 5. The number of rotatable bonds is 4. The van der Waals surface area contributed by atoms with Gasteiger partial charge in [0.25, 0.3) is 10.0 Å². The van der Waals surface area contributed by atoms with Crippen LogP contribution in [0.25, 0.3) is 0 Å². The third kappa shape index (κ3) is 2.62. The standard InChI is InChI=1S/C11H12N4O4S/c1-6-7(2)13-14-10(6)15-20(18,19)9-4-3-8(5-12-9)11(16)17/h3-5H,1-2H3,(H,16,17)(H2,13,14,15). The van der Waals surface area contributed by atoms with E-state index in [-0.39, 0.29) is 16.4 Å². The van der Waals surface area contributed by atoms with Gasteiger partial charge in [-0.1, -0.05) is 0 Å². The van der Waals surface area contributed by atoms with Gasteiger partial charge in [-0.25, -0.2) is 9.78 Å². The van der Waals surface area contributed by atoms with Crippen LogP contribution in [0.4, 0.5) is 5.82 Å². The second-order valence-corrected chi connectivity index (χ2v) is 5.75. The van der Waals surface area contributed by atoms with E-state index in [0.717, 1.165) is 18.0 Å². The van der Waals surface area contributed by atoms with Gasteiger partial charge in [-0.05, 0) is 26.0 Å². The van der Waals surface area contributed by atoms with Crippen LogP contribution in [0.2, 0.25) is 0 Å². The lowest BCUT2D eigenvalue weighted by molar-refractivity contribution is 0.0696. The molecule has 0 aliphatic carbocycles. The zero-order chi connectivity index (χ0) is 14.9. The number of sulfonamides is 1. The molecule has 0 aromatic carbocycles. The maximum Gasteiger partial charge on any atom is 0.337 e. The van der Waals surface area contributed by atoms with E-state index in [1.54, 1.807) is 13.8 Å². The number of H-pyrrole nitrogens is 1. The van der Waals surface area contributed by atoms with Gasteiger partial charge in [-0.2, -0.15) is 13.5 Å². The van der Waals surface area contributed by atoms with Gasteiger partial charge in [0.15, 0.2) is 10.8 Å². The Hall–Kier alpha value is -2.42. The van der Waals surface area contributed by atoms with Gasteiger partial charge in [0.05, 0.1) is 5.56 Å². The van der Waals surface area contributed by atoms with Crippen molar-refractivity contribution in [3.63, 3.8) is 0 Å². The molecule has 8 nitrogen and oxygen atoms in total. The van der Waals surface area contributed by atoms with Crippen molar-refractivity contribution in [2.75, 3.05) is 4.72 Å². The minimum Gasteiger partial charge on any atom is -0.478 e. The third-order valence-electron chi connectivity index (χ3n) is 2.74. The predicted molar refractivity (Wildman–Crippen MR) is 70.1 cm³/mol. The van der Waals surface area contributed by atoms with E-state index in [1.165, 1.54) is 6.07 Å². The number of carboxylic acid groups (broad SMARTS) is 1. The average Bonchev–Trinajstić information content (AvgIpc) is 2.70. The van der Waals surface area contributed by atoms with Crippen molar-refractivity contribution < 1.29 is 18.3 Å². The van der Waals surface area contributed by atoms with Crippen molar-refractivity contribution in [1.29, 1.82) is 0 Å². The highest BCUT2D eigenvalue weighted by Gasteiger charge is 2.19. The summed E-state index contributed by atoms with van der Waals surface area (Å²) < 4.78 is 26.4. The lowest BCUT2D eigenvalue weighted by Crippen LogP contribution is -2.15. The molecule has 9 heteroatoms. The molecular weight excluding hydrogens is 284 g/mol. The molecular formula is C11H12N4O4S. The molecule has 2 aromatic rings. The Morgan fingerprint density at radius 1 is 1.35 bits per heavy atom. The Kier molecular flexibility index (Phi) is 3.45. The number of nitrogens with one attached hydrogen (secondary N) is 2. The number of hydrogen-bond donors (Lipinski definition) is 3. The van der Waals surface area contributed by atoms with Crippen LogP contribution in [0.5, 0.6) is 0 Å². The highest BCUT2D eigenvalue weighted by molar-refractivity contribution is 7.92. The number of aromatic amines is 1. The number of carboxylic acids is 1. The van der Waals surface area contributed by atoms with E-state index in [4.69, 9.17) is 5.11 Å². The number of anilines is 1. The van der Waals surface area contributed by atoms with Crippen molar-refractivity contribution >= 4 is 21.8 Å². The highest BCUT2D eigenvalue weighted by atomic mass is 32.2. The van der Waals surface area contributed by atoms with Crippen LogP contribution in [-0.2, 0) is 10.0 Å². The first-order valence-electron chi connectivity index (χ1n) is 5.55. The quantitative estimate of drug-likeness (QED) is 0.770. The van der Waals surface area contributed by atoms with Crippen molar-refractivity contribution in [3.05, 3.63) is 35.2 Å². The molecule has 0 aliphatic rings. The molecule has 0 radical (unpaired) electrons. The molecule has 3 N–H and O–H groups in total. The van der Waals surface area contributed by atoms with Crippen molar-refractivity contribution in [2.24, 2.45) is 0 Å². The smallest absolute Gasteiger partial charge is 0.337 e. The fourth-order valence-corrected chi connectivity index (χ4v) is 2.43. The lowest BCUT2D eigenvalue weighted by Gasteiger charge is -2.05. The van der Waals surface area contributed by atoms with Crippen LogP contribution in [0.15, 0.2) is 23.4 Å². The molecule has 2 rings (SSSR count). The maximum atomic E-state index is 12.1. The van der Waals surface area contributed by atoms with Crippen LogP contribution in [0, 0.1) is 13.8 Å². The topological polar surface area (TPSA) is 125 Å². The summed E-state index contributed by atoms with van der Waals surface area (Å²) >= 11 is 0. The summed E-state index contributed by atoms with van der Waals surface area (Å²) in [5.41, 5.74) is 1.34.